The summed E-state index contributed by atoms with van der Waals surface area (Å²) in [7, 11) is 3.49. The Balaban J connectivity index is 1.87. The van der Waals surface area contributed by atoms with Crippen LogP contribution in [-0.4, -0.2) is 56.3 Å². The van der Waals surface area contributed by atoms with Crippen molar-refractivity contribution in [3.63, 3.8) is 0 Å². The highest BCUT2D eigenvalue weighted by molar-refractivity contribution is 9.10. The van der Waals surface area contributed by atoms with Gasteiger partial charge >= 0.3 is 0 Å². The van der Waals surface area contributed by atoms with Crippen LogP contribution >= 0.6 is 15.9 Å². The number of rotatable bonds is 3. The number of hydrogen-bond donors (Lipinski definition) is 1. The molecule has 1 saturated heterocycles. The summed E-state index contributed by atoms with van der Waals surface area (Å²) in [4.78, 5) is 30.8. The van der Waals surface area contributed by atoms with E-state index in [9.17, 15) is 9.59 Å². The van der Waals surface area contributed by atoms with Crippen molar-refractivity contribution in [2.45, 2.75) is 19.0 Å². The number of hydrogen-bond acceptors (Lipinski definition) is 5. The van der Waals surface area contributed by atoms with Crippen LogP contribution in [0.15, 0.2) is 15.7 Å². The number of fused-ring (bicyclic) bond motifs is 1. The minimum absolute atomic E-state index is 0.0178. The molecule has 0 aliphatic carbocycles. The van der Waals surface area contributed by atoms with Crippen LogP contribution in [0.1, 0.15) is 6.42 Å². The van der Waals surface area contributed by atoms with E-state index < -0.39 is 0 Å². The maximum absolute atomic E-state index is 12.5. The molecule has 0 bridgehead atoms. The molecule has 0 radical (unpaired) electrons. The molecule has 8 nitrogen and oxygen atoms in total. The Kier molecular flexibility index (Phi) is 4.00. The number of likely N-dealkylation sites (N-methyl/N-ethyl adjacent to an activating group) is 1. The van der Waals surface area contributed by atoms with E-state index in [4.69, 9.17) is 0 Å². The van der Waals surface area contributed by atoms with Gasteiger partial charge in [-0.1, -0.05) is 0 Å². The van der Waals surface area contributed by atoms with Gasteiger partial charge in [0.05, 0.1) is 0 Å². The Morgan fingerprint density at radius 3 is 3.05 bits per heavy atom. The summed E-state index contributed by atoms with van der Waals surface area (Å²) in [5, 5.41) is 7.74. The number of amides is 1. The number of nitrogens with zero attached hydrogens (tertiary/aromatic N) is 5. The molecular weight excluding hydrogens is 352 g/mol. The van der Waals surface area contributed by atoms with E-state index in [2.05, 4.69) is 31.3 Å². The van der Waals surface area contributed by atoms with Crippen LogP contribution in [0.2, 0.25) is 0 Å². The molecule has 1 aliphatic heterocycles. The Bertz CT molecular complexity index is 777. The normalized spacial score (nSPS) is 18.0. The van der Waals surface area contributed by atoms with Crippen molar-refractivity contribution in [2.75, 3.05) is 20.1 Å². The van der Waals surface area contributed by atoms with Crippen LogP contribution in [0.4, 0.5) is 0 Å². The van der Waals surface area contributed by atoms with Gasteiger partial charge in [0.15, 0.2) is 5.65 Å². The van der Waals surface area contributed by atoms with E-state index in [1.54, 1.807) is 19.0 Å². The first-order chi connectivity index (χ1) is 10.5. The lowest BCUT2D eigenvalue weighted by Crippen LogP contribution is -2.41. The van der Waals surface area contributed by atoms with E-state index in [0.717, 1.165) is 19.5 Å². The highest BCUT2D eigenvalue weighted by Crippen LogP contribution is 2.16. The zero-order chi connectivity index (χ0) is 15.9. The molecular formula is C13H17BrN6O2. The molecule has 1 fully saturated rings. The second-order valence-corrected chi connectivity index (χ2v) is 6.19. The van der Waals surface area contributed by atoms with Crippen LogP contribution in [0.25, 0.3) is 11.0 Å². The highest BCUT2D eigenvalue weighted by atomic mass is 79.9. The van der Waals surface area contributed by atoms with Gasteiger partial charge in [0, 0.05) is 26.7 Å². The summed E-state index contributed by atoms with van der Waals surface area (Å²) < 4.78 is 3.30. The van der Waals surface area contributed by atoms with E-state index in [-0.39, 0.29) is 24.1 Å². The molecule has 0 saturated carbocycles. The van der Waals surface area contributed by atoms with E-state index in [0.29, 0.717) is 15.6 Å². The van der Waals surface area contributed by atoms with Crippen molar-refractivity contribution >= 4 is 32.9 Å². The first kappa shape index (κ1) is 15.2. The monoisotopic (exact) mass is 368 g/mol. The minimum Gasteiger partial charge on any atom is -0.340 e. The zero-order valence-electron chi connectivity index (χ0n) is 12.4. The first-order valence-electron chi connectivity index (χ1n) is 7.03. The van der Waals surface area contributed by atoms with Gasteiger partial charge in [0.25, 0.3) is 5.56 Å². The second kappa shape index (κ2) is 5.81. The van der Waals surface area contributed by atoms with Gasteiger partial charge in [-0.2, -0.15) is 5.10 Å². The fourth-order valence-electron chi connectivity index (χ4n) is 2.68. The lowest BCUT2D eigenvalue weighted by Gasteiger charge is -2.24. The molecule has 118 valence electrons. The quantitative estimate of drug-likeness (QED) is 0.804. The van der Waals surface area contributed by atoms with E-state index >= 15 is 0 Å². The number of carbonyl (C=O) groups excluding carboxylic acids is 1. The van der Waals surface area contributed by atoms with Gasteiger partial charge in [-0.05, 0) is 28.9 Å². The molecule has 1 amide bonds. The van der Waals surface area contributed by atoms with Crippen molar-refractivity contribution in [3.05, 3.63) is 21.3 Å². The Hall–Kier alpha value is -1.74. The molecule has 3 heterocycles. The van der Waals surface area contributed by atoms with Crippen LogP contribution in [0, 0.1) is 0 Å². The van der Waals surface area contributed by atoms with Crippen molar-refractivity contribution in [3.8, 4) is 0 Å². The number of aromatic nitrogens is 4. The van der Waals surface area contributed by atoms with E-state index in [1.165, 1.54) is 15.6 Å². The number of halogens is 1. The summed E-state index contributed by atoms with van der Waals surface area (Å²) in [5.74, 6) is -0.100. The fraction of sp³-hybridized carbons (Fsp3) is 0.538. The number of nitrogens with one attached hydrogen (secondary N) is 1. The maximum Gasteiger partial charge on any atom is 0.266 e. The van der Waals surface area contributed by atoms with Crippen molar-refractivity contribution < 1.29 is 4.79 Å². The molecule has 22 heavy (non-hydrogen) atoms. The third-order valence-corrected chi connectivity index (χ3v) is 4.60. The van der Waals surface area contributed by atoms with Gasteiger partial charge in [-0.3, -0.25) is 14.2 Å². The molecule has 1 aliphatic rings. The molecule has 0 spiro atoms. The van der Waals surface area contributed by atoms with Gasteiger partial charge in [0.2, 0.25) is 5.91 Å². The van der Waals surface area contributed by atoms with Crippen molar-refractivity contribution in [1.82, 2.24) is 29.5 Å². The average molecular weight is 369 g/mol. The van der Waals surface area contributed by atoms with Crippen LogP contribution in [0.3, 0.4) is 0 Å². The predicted octanol–water partition coefficient (Wildman–Crippen LogP) is -0.287. The first-order valence-corrected chi connectivity index (χ1v) is 7.82. The highest BCUT2D eigenvalue weighted by Gasteiger charge is 2.24. The fourth-order valence-corrected chi connectivity index (χ4v) is 3.26. The predicted molar refractivity (Wildman–Crippen MR) is 84.5 cm³/mol. The van der Waals surface area contributed by atoms with Crippen LogP contribution in [-0.2, 0) is 18.4 Å². The summed E-state index contributed by atoms with van der Waals surface area (Å²) in [6.07, 6.45) is 2.33. The molecule has 9 heteroatoms. The molecule has 1 atom stereocenters. The standard InChI is InChI=1S/C13H17BrN6O2/c1-18(8-3-4-15-5-8)9(21)6-20-7-16-12-10(13(20)22)11(14)17-19(12)2/h7-8,15H,3-6H2,1-2H3/t8-/m0/s1. The topological polar surface area (TPSA) is 85.1 Å². The molecule has 3 rings (SSSR count). The Morgan fingerprint density at radius 2 is 2.36 bits per heavy atom. The number of aryl methyl sites for hydroxylation is 1. The van der Waals surface area contributed by atoms with Crippen LogP contribution < -0.4 is 10.9 Å². The minimum atomic E-state index is -0.267. The third-order valence-electron chi connectivity index (χ3n) is 4.05. The second-order valence-electron chi connectivity index (χ2n) is 5.44. The average Bonchev–Trinajstić information content (AvgIpc) is 3.10. The van der Waals surface area contributed by atoms with Gasteiger partial charge in [0.1, 0.15) is 22.9 Å². The largest absolute Gasteiger partial charge is 0.340 e. The SMILES string of the molecule is CN(C(=O)Cn1cnc2c(c(Br)nn2C)c1=O)[C@H]1CCNC1. The lowest BCUT2D eigenvalue weighted by molar-refractivity contribution is -0.132. The molecule has 0 unspecified atom stereocenters. The summed E-state index contributed by atoms with van der Waals surface area (Å²) in [5.41, 5.74) is 0.227. The van der Waals surface area contributed by atoms with Crippen LogP contribution in [0.5, 0.6) is 0 Å². The van der Waals surface area contributed by atoms with Gasteiger partial charge in [-0.15, -0.1) is 0 Å². The lowest BCUT2D eigenvalue weighted by atomic mass is 10.2. The van der Waals surface area contributed by atoms with Gasteiger partial charge in [-0.25, -0.2) is 9.67 Å². The molecule has 2 aromatic rings. The molecule has 0 aromatic carbocycles. The molecule has 2 aromatic heterocycles. The summed E-state index contributed by atoms with van der Waals surface area (Å²) >= 11 is 3.26. The maximum atomic E-state index is 12.5. The smallest absolute Gasteiger partial charge is 0.266 e. The zero-order valence-corrected chi connectivity index (χ0v) is 14.0. The summed E-state index contributed by atoms with van der Waals surface area (Å²) in [6.45, 7) is 1.69. The Morgan fingerprint density at radius 1 is 1.59 bits per heavy atom. The van der Waals surface area contributed by atoms with Crippen molar-refractivity contribution in [2.24, 2.45) is 7.05 Å². The van der Waals surface area contributed by atoms with Gasteiger partial charge < -0.3 is 10.2 Å². The van der Waals surface area contributed by atoms with Crippen molar-refractivity contribution in [1.29, 1.82) is 0 Å². The van der Waals surface area contributed by atoms with E-state index in [1.807, 2.05) is 0 Å². The Labute approximate surface area is 135 Å². The number of carbonyl (C=O) groups is 1. The summed E-state index contributed by atoms with van der Waals surface area (Å²) in [6, 6.07) is 0.185. The third kappa shape index (κ3) is 2.54. The molecule has 1 N–H and O–H groups in total.